The molecule has 0 saturated heterocycles. The molecule has 0 aliphatic carbocycles. The molecule has 166 valence electrons. The van der Waals surface area contributed by atoms with Gasteiger partial charge in [0.1, 0.15) is 5.60 Å². The van der Waals surface area contributed by atoms with E-state index in [1.807, 2.05) is 26.8 Å². The summed E-state index contributed by atoms with van der Waals surface area (Å²) in [5.74, 6) is -0.273. The van der Waals surface area contributed by atoms with E-state index < -0.39 is 5.60 Å². The van der Waals surface area contributed by atoms with Crippen LogP contribution in [-0.4, -0.2) is 11.6 Å². The predicted molar refractivity (Wildman–Crippen MR) is 132 cm³/mol. The minimum atomic E-state index is -0.428. The van der Waals surface area contributed by atoms with Crippen LogP contribution in [0.1, 0.15) is 79.1 Å². The van der Waals surface area contributed by atoms with Crippen molar-refractivity contribution in [1.29, 1.82) is 0 Å². The fourth-order valence-electron chi connectivity index (χ4n) is 2.35. The molecule has 0 N–H and O–H groups in total. The highest BCUT2D eigenvalue weighted by atomic mass is 16.6. The second-order valence-corrected chi connectivity index (χ2v) is 7.93. The fraction of sp³-hybridized carbons (Fsp3) is 0.464. The Balaban J connectivity index is 3.64. The van der Waals surface area contributed by atoms with Gasteiger partial charge in [-0.05, 0) is 72.1 Å². The standard InChI is InChI=1S/C28H42O2/c1-5-6-7-8-9-10-11-12-13-14-15-16-17-18-19-20-21-22-23-24-25-26-27(29)30-28(2,3)4/h6-7,9-10,12-13,15-16,18-19,21-22,25-26H,5,8,11,14,17,20,23-24H2,1-4H3. The second-order valence-electron chi connectivity index (χ2n) is 7.93. The summed E-state index contributed by atoms with van der Waals surface area (Å²) in [4.78, 5) is 11.5. The van der Waals surface area contributed by atoms with Crippen molar-refractivity contribution in [1.82, 2.24) is 0 Å². The molecule has 0 bridgehead atoms. The average molecular weight is 411 g/mol. The smallest absolute Gasteiger partial charge is 0.330 e. The number of ether oxygens (including phenoxy) is 1. The van der Waals surface area contributed by atoms with E-state index >= 15 is 0 Å². The zero-order chi connectivity index (χ0) is 22.3. The van der Waals surface area contributed by atoms with Crippen LogP contribution in [0.15, 0.2) is 85.1 Å². The summed E-state index contributed by atoms with van der Waals surface area (Å²) >= 11 is 0. The van der Waals surface area contributed by atoms with Crippen LogP contribution in [-0.2, 0) is 9.53 Å². The number of esters is 1. The highest BCUT2D eigenvalue weighted by Crippen LogP contribution is 2.07. The molecule has 30 heavy (non-hydrogen) atoms. The molecule has 0 aliphatic rings. The maximum absolute atomic E-state index is 11.5. The van der Waals surface area contributed by atoms with E-state index in [2.05, 4.69) is 79.8 Å². The highest BCUT2D eigenvalue weighted by Gasteiger charge is 2.13. The third-order valence-electron chi connectivity index (χ3n) is 3.76. The minimum absolute atomic E-state index is 0.273. The number of rotatable bonds is 15. The van der Waals surface area contributed by atoms with E-state index in [-0.39, 0.29) is 5.97 Å². The van der Waals surface area contributed by atoms with Crippen LogP contribution in [0.4, 0.5) is 0 Å². The quantitative estimate of drug-likeness (QED) is 0.117. The lowest BCUT2D eigenvalue weighted by atomic mass is 10.2. The summed E-state index contributed by atoms with van der Waals surface area (Å²) in [6, 6.07) is 0. The zero-order valence-electron chi connectivity index (χ0n) is 19.6. The molecule has 0 aromatic carbocycles. The molecule has 0 spiro atoms. The van der Waals surface area contributed by atoms with Crippen LogP contribution >= 0.6 is 0 Å². The number of carbonyl (C=O) groups excluding carboxylic acids is 1. The van der Waals surface area contributed by atoms with Crippen molar-refractivity contribution < 1.29 is 9.53 Å². The van der Waals surface area contributed by atoms with Crippen molar-refractivity contribution in [3.8, 4) is 0 Å². The lowest BCUT2D eigenvalue weighted by Gasteiger charge is -2.17. The topological polar surface area (TPSA) is 26.3 Å². The fourth-order valence-corrected chi connectivity index (χ4v) is 2.35. The summed E-state index contributed by atoms with van der Waals surface area (Å²) in [5.41, 5.74) is -0.428. The van der Waals surface area contributed by atoms with Crippen molar-refractivity contribution in [3.05, 3.63) is 85.1 Å². The molecule has 0 heterocycles. The van der Waals surface area contributed by atoms with Crippen molar-refractivity contribution in [2.24, 2.45) is 0 Å². The summed E-state index contributed by atoms with van der Waals surface area (Å²) in [5, 5.41) is 0. The van der Waals surface area contributed by atoms with Crippen LogP contribution < -0.4 is 0 Å². The average Bonchev–Trinajstić information content (AvgIpc) is 2.68. The molecule has 0 aliphatic heterocycles. The number of hydrogen-bond donors (Lipinski definition) is 0. The van der Waals surface area contributed by atoms with Gasteiger partial charge in [0.15, 0.2) is 0 Å². The molecule has 2 nitrogen and oxygen atoms in total. The largest absolute Gasteiger partial charge is 0.457 e. The van der Waals surface area contributed by atoms with Gasteiger partial charge in [0.05, 0.1) is 0 Å². The number of allylic oxidation sites excluding steroid dienone is 13. The molecule has 0 fully saturated rings. The van der Waals surface area contributed by atoms with E-state index in [4.69, 9.17) is 4.74 Å². The van der Waals surface area contributed by atoms with Gasteiger partial charge in [-0.1, -0.05) is 85.9 Å². The molecule has 0 radical (unpaired) electrons. The molecule has 0 rings (SSSR count). The SMILES string of the molecule is CCC=CCC=CCC=CCC=CCC=CCC=CCCC=CC(=O)OC(C)(C)C. The third-order valence-corrected chi connectivity index (χ3v) is 3.76. The zero-order valence-corrected chi connectivity index (χ0v) is 19.6. The first-order chi connectivity index (χ1) is 14.5. The lowest BCUT2D eigenvalue weighted by molar-refractivity contribution is -0.148. The molecule has 0 atom stereocenters. The summed E-state index contributed by atoms with van der Waals surface area (Å²) < 4.78 is 5.21. The van der Waals surface area contributed by atoms with Crippen LogP contribution in [0.3, 0.4) is 0 Å². The second kappa shape index (κ2) is 19.9. The molecular weight excluding hydrogens is 368 g/mol. The molecular formula is C28H42O2. The normalized spacial score (nSPS) is 13.6. The maximum Gasteiger partial charge on any atom is 0.330 e. The van der Waals surface area contributed by atoms with Gasteiger partial charge in [0, 0.05) is 6.08 Å². The molecule has 0 amide bonds. The van der Waals surface area contributed by atoms with Crippen molar-refractivity contribution in [3.63, 3.8) is 0 Å². The highest BCUT2D eigenvalue weighted by molar-refractivity contribution is 5.82. The Hall–Kier alpha value is -2.35. The van der Waals surface area contributed by atoms with Gasteiger partial charge >= 0.3 is 5.97 Å². The van der Waals surface area contributed by atoms with Gasteiger partial charge in [0.2, 0.25) is 0 Å². The van der Waals surface area contributed by atoms with E-state index in [0.717, 1.165) is 51.4 Å². The Bertz CT molecular complexity index is 620. The Morgan fingerprint density at radius 1 is 0.600 bits per heavy atom. The monoisotopic (exact) mass is 410 g/mol. The first-order valence-electron chi connectivity index (χ1n) is 11.2. The van der Waals surface area contributed by atoms with E-state index in [1.165, 1.54) is 6.08 Å². The van der Waals surface area contributed by atoms with Crippen molar-refractivity contribution in [2.45, 2.75) is 84.7 Å². The molecule has 0 saturated carbocycles. The van der Waals surface area contributed by atoms with Gasteiger partial charge < -0.3 is 4.74 Å². The maximum atomic E-state index is 11.5. The van der Waals surface area contributed by atoms with Crippen molar-refractivity contribution >= 4 is 5.97 Å². The number of carbonyl (C=O) groups is 1. The molecule has 0 aromatic heterocycles. The van der Waals surface area contributed by atoms with E-state index in [9.17, 15) is 4.79 Å². The first-order valence-corrected chi connectivity index (χ1v) is 11.2. The van der Waals surface area contributed by atoms with Gasteiger partial charge in [-0.25, -0.2) is 4.79 Å². The lowest BCUT2D eigenvalue weighted by Crippen LogP contribution is -2.22. The van der Waals surface area contributed by atoms with Crippen molar-refractivity contribution in [2.75, 3.05) is 0 Å². The van der Waals surface area contributed by atoms with Gasteiger partial charge in [-0.2, -0.15) is 0 Å². The van der Waals surface area contributed by atoms with Gasteiger partial charge in [0.25, 0.3) is 0 Å². The third kappa shape index (κ3) is 23.7. The summed E-state index contributed by atoms with van der Waals surface area (Å²) in [6.45, 7) is 7.77. The molecule has 0 aromatic rings. The molecule has 2 heteroatoms. The Kier molecular flexibility index (Phi) is 18.4. The molecule has 0 unspecified atom stereocenters. The summed E-state index contributed by atoms with van der Waals surface area (Å²) in [7, 11) is 0. The van der Waals surface area contributed by atoms with E-state index in [0.29, 0.717) is 0 Å². The Morgan fingerprint density at radius 2 is 0.967 bits per heavy atom. The minimum Gasteiger partial charge on any atom is -0.457 e. The predicted octanol–water partition coefficient (Wildman–Crippen LogP) is 8.36. The van der Waals surface area contributed by atoms with Crippen LogP contribution in [0.2, 0.25) is 0 Å². The number of unbranched alkanes of at least 4 members (excludes halogenated alkanes) is 1. The van der Waals surface area contributed by atoms with E-state index in [1.54, 1.807) is 0 Å². The van der Waals surface area contributed by atoms with Gasteiger partial charge in [-0.3, -0.25) is 0 Å². The van der Waals surface area contributed by atoms with Gasteiger partial charge in [-0.15, -0.1) is 0 Å². The van der Waals surface area contributed by atoms with Crippen LogP contribution in [0.25, 0.3) is 0 Å². The van der Waals surface area contributed by atoms with Crippen LogP contribution in [0, 0.1) is 0 Å². The Labute approximate surface area is 185 Å². The summed E-state index contributed by atoms with van der Waals surface area (Å²) in [6.07, 6.45) is 37.6. The Morgan fingerprint density at radius 3 is 1.37 bits per heavy atom. The first kappa shape index (κ1) is 27.6. The van der Waals surface area contributed by atoms with Crippen LogP contribution in [0.5, 0.6) is 0 Å². The number of hydrogen-bond acceptors (Lipinski definition) is 2.